The van der Waals surface area contributed by atoms with Crippen LogP contribution < -0.4 is 20.5 Å². The molecule has 0 saturated heterocycles. The molecule has 3 aromatic heterocycles. The number of nitrogens with two attached hydrogens (primary N) is 1. The van der Waals surface area contributed by atoms with Crippen LogP contribution >= 0.6 is 0 Å². The van der Waals surface area contributed by atoms with Gasteiger partial charge in [-0.3, -0.25) is 19.5 Å². The fourth-order valence-electron chi connectivity index (χ4n) is 3.69. The van der Waals surface area contributed by atoms with Gasteiger partial charge in [-0.05, 0) is 52.0 Å². The quantitative estimate of drug-likeness (QED) is 0.267. The lowest BCUT2D eigenvalue weighted by molar-refractivity contribution is 0.100. The van der Waals surface area contributed by atoms with E-state index in [1.807, 2.05) is 26.8 Å². The second kappa shape index (κ2) is 11.1. The number of rotatable bonds is 10. The molecule has 13 heteroatoms. The van der Waals surface area contributed by atoms with E-state index in [0.29, 0.717) is 22.9 Å². The Morgan fingerprint density at radius 2 is 1.90 bits per heavy atom. The number of sulfonamides is 1. The summed E-state index contributed by atoms with van der Waals surface area (Å²) in [4.78, 5) is 25.4. The number of nitrogens with one attached hydrogen (secondary N) is 2. The minimum atomic E-state index is -3.60. The molecule has 1 amide bonds. The molecule has 4 rings (SSSR count). The van der Waals surface area contributed by atoms with Crippen molar-refractivity contribution in [2.24, 2.45) is 5.73 Å². The molecule has 0 unspecified atom stereocenters. The summed E-state index contributed by atoms with van der Waals surface area (Å²) in [6.45, 7) is 7.42. The summed E-state index contributed by atoms with van der Waals surface area (Å²) in [6.07, 6.45) is 6.21. The summed E-state index contributed by atoms with van der Waals surface area (Å²) in [7, 11) is -3.60. The van der Waals surface area contributed by atoms with Crippen LogP contribution in [0.1, 0.15) is 43.7 Å². The van der Waals surface area contributed by atoms with Crippen LogP contribution in [-0.2, 0) is 22.2 Å². The van der Waals surface area contributed by atoms with Gasteiger partial charge in [-0.1, -0.05) is 12.1 Å². The van der Waals surface area contributed by atoms with E-state index in [0.717, 1.165) is 0 Å². The maximum atomic E-state index is 12.8. The molecule has 0 aliphatic carbocycles. The fourth-order valence-corrected chi connectivity index (χ4v) is 4.34. The highest BCUT2D eigenvalue weighted by atomic mass is 32.2. The largest absolute Gasteiger partial charge is 0.485 e. The van der Waals surface area contributed by atoms with E-state index in [-0.39, 0.29) is 35.1 Å². The molecule has 0 saturated carbocycles. The van der Waals surface area contributed by atoms with E-state index in [1.54, 1.807) is 41.2 Å². The first-order valence-corrected chi connectivity index (χ1v) is 13.8. The number of amides is 1. The minimum absolute atomic E-state index is 0.0870. The Morgan fingerprint density at radius 3 is 2.51 bits per heavy atom. The lowest BCUT2D eigenvalue weighted by Crippen LogP contribution is -2.25. The second-order valence-corrected chi connectivity index (χ2v) is 11.6. The number of hydrogen-bond donors (Lipinski definition) is 3. The zero-order valence-corrected chi connectivity index (χ0v) is 22.9. The topological polar surface area (TPSA) is 167 Å². The lowest BCUT2D eigenvalue weighted by atomic mass is 10.1. The summed E-state index contributed by atoms with van der Waals surface area (Å²) in [5, 5.41) is 7.87. The number of nitrogens with zero attached hydrogens (tertiary/aromatic N) is 5. The van der Waals surface area contributed by atoms with Gasteiger partial charge in [0.25, 0.3) is 5.91 Å². The van der Waals surface area contributed by atoms with Crippen LogP contribution in [0, 0.1) is 0 Å². The first-order chi connectivity index (χ1) is 18.5. The molecule has 4 aromatic rings. The van der Waals surface area contributed by atoms with Gasteiger partial charge in [-0.25, -0.2) is 18.1 Å². The SMILES string of the molecule is CCS(=O)(=O)Nc1ccc(-c2nn(C(C)(C)C)c(Nc3cnccn3)c2C(N)=O)cc1OCc1ccccn1. The van der Waals surface area contributed by atoms with Crippen molar-refractivity contribution in [1.29, 1.82) is 0 Å². The monoisotopic (exact) mass is 550 g/mol. The van der Waals surface area contributed by atoms with Crippen LogP contribution in [0.25, 0.3) is 11.3 Å². The van der Waals surface area contributed by atoms with E-state index >= 15 is 0 Å². The number of anilines is 3. The van der Waals surface area contributed by atoms with Gasteiger partial charge in [0.05, 0.1) is 28.9 Å². The van der Waals surface area contributed by atoms with E-state index in [4.69, 9.17) is 15.6 Å². The third kappa shape index (κ3) is 6.49. The third-order valence-electron chi connectivity index (χ3n) is 5.58. The maximum Gasteiger partial charge on any atom is 0.254 e. The molecule has 0 aliphatic heterocycles. The standard InChI is InChI=1S/C26H30N8O4S/c1-5-39(36,37)33-19-10-9-17(14-20(19)38-16-18-8-6-7-11-29-18)23-22(24(27)35)25(34(32-23)26(2,3)4)31-21-15-28-12-13-30-21/h6-15,33H,5,16H2,1-4H3,(H2,27,35)(H,30,31). The van der Waals surface area contributed by atoms with Crippen molar-refractivity contribution in [3.63, 3.8) is 0 Å². The Kier molecular flexibility index (Phi) is 7.81. The Bertz CT molecular complexity index is 1570. The van der Waals surface area contributed by atoms with Gasteiger partial charge in [-0.15, -0.1) is 0 Å². The smallest absolute Gasteiger partial charge is 0.254 e. The van der Waals surface area contributed by atoms with Crippen molar-refractivity contribution in [3.05, 3.63) is 72.4 Å². The molecule has 4 N–H and O–H groups in total. The van der Waals surface area contributed by atoms with Crippen molar-refractivity contribution >= 4 is 33.3 Å². The predicted molar refractivity (Wildman–Crippen MR) is 148 cm³/mol. The van der Waals surface area contributed by atoms with Crippen molar-refractivity contribution < 1.29 is 17.9 Å². The second-order valence-electron chi connectivity index (χ2n) is 9.56. The van der Waals surface area contributed by atoms with Crippen LogP contribution in [0.5, 0.6) is 5.75 Å². The summed E-state index contributed by atoms with van der Waals surface area (Å²) < 4.78 is 34.9. The van der Waals surface area contributed by atoms with Gasteiger partial charge in [0.2, 0.25) is 10.0 Å². The van der Waals surface area contributed by atoms with Crippen LogP contribution in [-0.4, -0.2) is 44.8 Å². The van der Waals surface area contributed by atoms with Gasteiger partial charge in [-0.2, -0.15) is 5.10 Å². The van der Waals surface area contributed by atoms with Crippen molar-refractivity contribution in [3.8, 4) is 17.0 Å². The number of hydrogen-bond acceptors (Lipinski definition) is 9. The van der Waals surface area contributed by atoms with Crippen molar-refractivity contribution in [1.82, 2.24) is 24.7 Å². The van der Waals surface area contributed by atoms with Crippen LogP contribution in [0.3, 0.4) is 0 Å². The number of ether oxygens (including phenoxy) is 1. The fraction of sp³-hybridized carbons (Fsp3) is 0.269. The molecule has 0 radical (unpaired) electrons. The highest BCUT2D eigenvalue weighted by molar-refractivity contribution is 7.92. The molecule has 0 fully saturated rings. The van der Waals surface area contributed by atoms with Gasteiger partial charge in [0, 0.05) is 24.2 Å². The van der Waals surface area contributed by atoms with E-state index in [9.17, 15) is 13.2 Å². The summed E-state index contributed by atoms with van der Waals surface area (Å²) >= 11 is 0. The Hall–Kier alpha value is -4.52. The molecule has 204 valence electrons. The van der Waals surface area contributed by atoms with Gasteiger partial charge in [0.15, 0.2) is 0 Å². The average molecular weight is 551 g/mol. The number of primary amides is 1. The molecule has 0 spiro atoms. The Morgan fingerprint density at radius 1 is 1.10 bits per heavy atom. The zero-order valence-electron chi connectivity index (χ0n) is 22.0. The van der Waals surface area contributed by atoms with Crippen molar-refractivity contribution in [2.45, 2.75) is 39.8 Å². The minimum Gasteiger partial charge on any atom is -0.485 e. The van der Waals surface area contributed by atoms with Gasteiger partial charge >= 0.3 is 0 Å². The molecular formula is C26H30N8O4S. The van der Waals surface area contributed by atoms with Gasteiger partial charge in [0.1, 0.15) is 35.2 Å². The zero-order chi connectivity index (χ0) is 28.2. The van der Waals surface area contributed by atoms with Gasteiger partial charge < -0.3 is 15.8 Å². The van der Waals surface area contributed by atoms with Crippen LogP contribution in [0.4, 0.5) is 17.3 Å². The number of carbonyl (C=O) groups excluding carboxylic acids is 1. The molecule has 39 heavy (non-hydrogen) atoms. The number of carbonyl (C=O) groups is 1. The third-order valence-corrected chi connectivity index (χ3v) is 6.87. The average Bonchev–Trinajstić information content (AvgIpc) is 3.29. The number of benzene rings is 1. The van der Waals surface area contributed by atoms with E-state index < -0.39 is 21.5 Å². The number of pyridine rings is 1. The molecular weight excluding hydrogens is 520 g/mol. The normalized spacial score (nSPS) is 11.7. The Labute approximate surface area is 226 Å². The molecule has 12 nitrogen and oxygen atoms in total. The first kappa shape index (κ1) is 27.5. The number of aromatic nitrogens is 5. The maximum absolute atomic E-state index is 12.8. The lowest BCUT2D eigenvalue weighted by Gasteiger charge is -2.22. The highest BCUT2D eigenvalue weighted by Gasteiger charge is 2.29. The molecule has 1 aromatic carbocycles. The van der Waals surface area contributed by atoms with E-state index in [2.05, 4.69) is 25.0 Å². The highest BCUT2D eigenvalue weighted by Crippen LogP contribution is 2.37. The predicted octanol–water partition coefficient (Wildman–Crippen LogP) is 3.67. The summed E-state index contributed by atoms with van der Waals surface area (Å²) in [6, 6.07) is 10.2. The first-order valence-electron chi connectivity index (χ1n) is 12.1. The summed E-state index contributed by atoms with van der Waals surface area (Å²) in [5.41, 5.74) is 7.12. The molecule has 0 aliphatic rings. The van der Waals surface area contributed by atoms with Crippen LogP contribution in [0.15, 0.2) is 61.2 Å². The Balaban J connectivity index is 1.85. The summed E-state index contributed by atoms with van der Waals surface area (Å²) in [5.74, 6) is 0.156. The molecule has 3 heterocycles. The molecule has 0 atom stereocenters. The molecule has 0 bridgehead atoms. The van der Waals surface area contributed by atoms with E-state index in [1.165, 1.54) is 25.5 Å². The van der Waals surface area contributed by atoms with Crippen LogP contribution in [0.2, 0.25) is 0 Å². The van der Waals surface area contributed by atoms with Crippen molar-refractivity contribution in [2.75, 3.05) is 15.8 Å².